The zero-order chi connectivity index (χ0) is 20.7. The lowest BCUT2D eigenvalue weighted by atomic mass is 10.1. The molecule has 0 aliphatic carbocycles. The molecule has 7 nitrogen and oxygen atoms in total. The van der Waals surface area contributed by atoms with Gasteiger partial charge in [-0.1, -0.05) is 6.07 Å². The van der Waals surface area contributed by atoms with Gasteiger partial charge in [-0.15, -0.1) is 24.0 Å². The van der Waals surface area contributed by atoms with Crippen LogP contribution in [0.2, 0.25) is 0 Å². The van der Waals surface area contributed by atoms with Crippen LogP contribution in [-0.4, -0.2) is 62.0 Å². The summed E-state index contributed by atoms with van der Waals surface area (Å²) in [4.78, 5) is 6.55. The van der Waals surface area contributed by atoms with Crippen molar-refractivity contribution < 1.29 is 9.47 Å². The van der Waals surface area contributed by atoms with E-state index in [4.69, 9.17) is 9.47 Å². The third-order valence-electron chi connectivity index (χ3n) is 5.07. The van der Waals surface area contributed by atoms with Gasteiger partial charge in [0.2, 0.25) is 0 Å². The molecule has 162 valence electrons. The van der Waals surface area contributed by atoms with Gasteiger partial charge in [0.15, 0.2) is 17.5 Å². The molecule has 1 aromatic carbocycles. The second-order valence-corrected chi connectivity index (χ2v) is 6.86. The van der Waals surface area contributed by atoms with Crippen LogP contribution in [0, 0.1) is 13.8 Å². The number of ether oxygens (including phenoxy) is 2. The second kappa shape index (κ2) is 11.9. The number of nitrogens with one attached hydrogen (secondary N) is 1. The molecule has 0 bridgehead atoms. The highest BCUT2D eigenvalue weighted by atomic mass is 127. The summed E-state index contributed by atoms with van der Waals surface area (Å²) < 4.78 is 12.6. The number of likely N-dealkylation sites (N-methyl/N-ethyl adjacent to an activating group) is 1. The maximum absolute atomic E-state index is 5.39. The number of aryl methyl sites for hydroxylation is 2. The third-order valence-corrected chi connectivity index (χ3v) is 5.07. The molecule has 0 spiro atoms. The number of aromatic nitrogens is 2. The van der Waals surface area contributed by atoms with E-state index in [0.717, 1.165) is 49.1 Å². The number of aliphatic imine (C=N–C) groups is 1. The Morgan fingerprint density at radius 3 is 2.41 bits per heavy atom. The van der Waals surface area contributed by atoms with Gasteiger partial charge in [0, 0.05) is 39.9 Å². The summed E-state index contributed by atoms with van der Waals surface area (Å²) in [6.07, 6.45) is 1.81. The summed E-state index contributed by atoms with van der Waals surface area (Å²) in [6, 6.07) is 6.04. The number of guanidine groups is 1. The van der Waals surface area contributed by atoms with Crippen molar-refractivity contribution in [1.82, 2.24) is 20.0 Å². The fourth-order valence-corrected chi connectivity index (χ4v) is 3.30. The number of methoxy groups -OCH3 is 2. The Morgan fingerprint density at radius 1 is 1.17 bits per heavy atom. The maximum Gasteiger partial charge on any atom is 0.193 e. The highest BCUT2D eigenvalue weighted by Crippen LogP contribution is 2.27. The second-order valence-electron chi connectivity index (χ2n) is 6.86. The van der Waals surface area contributed by atoms with Gasteiger partial charge in [-0.25, -0.2) is 0 Å². The fourth-order valence-electron chi connectivity index (χ4n) is 3.30. The number of rotatable bonds is 8. The Labute approximate surface area is 191 Å². The van der Waals surface area contributed by atoms with Crippen LogP contribution in [0.1, 0.15) is 22.5 Å². The molecule has 0 saturated carbocycles. The zero-order valence-electron chi connectivity index (χ0n) is 18.6. The van der Waals surface area contributed by atoms with Gasteiger partial charge in [-0.3, -0.25) is 9.67 Å². The van der Waals surface area contributed by atoms with Crippen LogP contribution in [0.25, 0.3) is 0 Å². The van der Waals surface area contributed by atoms with Gasteiger partial charge in [-0.05, 0) is 49.9 Å². The molecule has 2 rings (SSSR count). The van der Waals surface area contributed by atoms with E-state index < -0.39 is 0 Å². The Balaban J connectivity index is 0.00000420. The molecule has 1 aromatic heterocycles. The normalized spacial score (nSPS) is 11.1. The molecule has 0 saturated heterocycles. The average molecular weight is 515 g/mol. The van der Waals surface area contributed by atoms with Crippen molar-refractivity contribution in [3.8, 4) is 11.5 Å². The Bertz CT molecular complexity index is 820. The minimum Gasteiger partial charge on any atom is -0.493 e. The minimum atomic E-state index is 0. The van der Waals surface area contributed by atoms with Crippen molar-refractivity contribution in [2.75, 3.05) is 41.4 Å². The summed E-state index contributed by atoms with van der Waals surface area (Å²) in [5.74, 6) is 2.39. The van der Waals surface area contributed by atoms with Crippen LogP contribution < -0.4 is 14.8 Å². The van der Waals surface area contributed by atoms with E-state index in [9.17, 15) is 0 Å². The largest absolute Gasteiger partial charge is 0.493 e. The number of hydrogen-bond acceptors (Lipinski definition) is 4. The van der Waals surface area contributed by atoms with Crippen LogP contribution in [0.3, 0.4) is 0 Å². The van der Waals surface area contributed by atoms with Crippen LogP contribution in [0.15, 0.2) is 23.2 Å². The zero-order valence-corrected chi connectivity index (χ0v) is 20.9. The topological polar surface area (TPSA) is 63.9 Å². The molecule has 1 N–H and O–H groups in total. The van der Waals surface area contributed by atoms with Crippen LogP contribution in [0.5, 0.6) is 11.5 Å². The molecule has 2 aromatic rings. The van der Waals surface area contributed by atoms with Crippen molar-refractivity contribution in [3.63, 3.8) is 0 Å². The summed E-state index contributed by atoms with van der Waals surface area (Å²) in [6.45, 7) is 5.84. The van der Waals surface area contributed by atoms with E-state index in [1.54, 1.807) is 14.2 Å². The predicted molar refractivity (Wildman–Crippen MR) is 129 cm³/mol. The van der Waals surface area contributed by atoms with Crippen LogP contribution in [0.4, 0.5) is 0 Å². The highest BCUT2D eigenvalue weighted by molar-refractivity contribution is 14.0. The first kappa shape index (κ1) is 25.1. The average Bonchev–Trinajstić information content (AvgIpc) is 2.94. The van der Waals surface area contributed by atoms with Gasteiger partial charge in [0.05, 0.1) is 19.9 Å². The van der Waals surface area contributed by atoms with Crippen LogP contribution in [-0.2, 0) is 19.9 Å². The fraction of sp³-hybridized carbons (Fsp3) is 0.524. The molecule has 1 heterocycles. The summed E-state index contributed by atoms with van der Waals surface area (Å²) in [5, 5.41) is 7.93. The Kier molecular flexibility index (Phi) is 10.3. The van der Waals surface area contributed by atoms with Crippen molar-refractivity contribution >= 4 is 29.9 Å². The van der Waals surface area contributed by atoms with Crippen molar-refractivity contribution in [2.45, 2.75) is 26.7 Å². The molecule has 0 aliphatic rings. The summed E-state index contributed by atoms with van der Waals surface area (Å²) >= 11 is 0. The quantitative estimate of drug-likeness (QED) is 0.333. The van der Waals surface area contributed by atoms with E-state index in [0.29, 0.717) is 0 Å². The smallest absolute Gasteiger partial charge is 0.193 e. The number of nitrogens with zero attached hydrogens (tertiary/aromatic N) is 4. The molecule has 8 heteroatoms. The lowest BCUT2D eigenvalue weighted by molar-refractivity contribution is 0.354. The predicted octanol–water partition coefficient (Wildman–Crippen LogP) is 2.96. The molecule has 0 radical (unpaired) electrons. The molecule has 29 heavy (non-hydrogen) atoms. The number of halogens is 1. The monoisotopic (exact) mass is 515 g/mol. The highest BCUT2D eigenvalue weighted by Gasteiger charge is 2.11. The van der Waals surface area contributed by atoms with Crippen molar-refractivity contribution in [1.29, 1.82) is 0 Å². The Morgan fingerprint density at radius 2 is 1.86 bits per heavy atom. The first-order valence-electron chi connectivity index (χ1n) is 9.53. The molecule has 0 amide bonds. The molecule has 0 aliphatic heterocycles. The lowest BCUT2D eigenvalue weighted by Crippen LogP contribution is -2.40. The van der Waals surface area contributed by atoms with Gasteiger partial charge < -0.3 is 19.7 Å². The molecule has 0 fully saturated rings. The van der Waals surface area contributed by atoms with E-state index >= 15 is 0 Å². The Hall–Kier alpha value is -1.97. The maximum atomic E-state index is 5.39. The molecular weight excluding hydrogens is 481 g/mol. The molecular formula is C21H34IN5O2. The molecule has 0 unspecified atom stereocenters. The van der Waals surface area contributed by atoms with Crippen LogP contribution >= 0.6 is 24.0 Å². The van der Waals surface area contributed by atoms with Crippen molar-refractivity contribution in [3.05, 3.63) is 40.7 Å². The number of benzene rings is 1. The van der Waals surface area contributed by atoms with Gasteiger partial charge in [0.25, 0.3) is 0 Å². The standard InChI is InChI=1S/C21H33N5O2.HI/c1-15-18(16(2)26(5)24-15)10-12-23-21(22-3)25(4)13-11-17-8-9-19(27-6)20(14-17)28-7;/h8-9,14H,10-13H2,1-7H3,(H,22,23);1H. The first-order chi connectivity index (χ1) is 13.4. The lowest BCUT2D eigenvalue weighted by Gasteiger charge is -2.22. The van der Waals surface area contributed by atoms with Gasteiger partial charge in [-0.2, -0.15) is 5.10 Å². The van der Waals surface area contributed by atoms with E-state index in [1.165, 1.54) is 16.8 Å². The summed E-state index contributed by atoms with van der Waals surface area (Å²) in [7, 11) is 9.16. The van der Waals surface area contributed by atoms with Crippen molar-refractivity contribution in [2.24, 2.45) is 12.0 Å². The molecule has 0 atom stereocenters. The summed E-state index contributed by atoms with van der Waals surface area (Å²) in [5.41, 5.74) is 4.81. The van der Waals surface area contributed by atoms with E-state index in [1.807, 2.05) is 30.9 Å². The van der Waals surface area contributed by atoms with E-state index in [2.05, 4.69) is 47.3 Å². The number of hydrogen-bond donors (Lipinski definition) is 1. The SMILES string of the molecule is CN=C(NCCc1c(C)nn(C)c1C)N(C)CCc1ccc(OC)c(OC)c1.I. The van der Waals surface area contributed by atoms with E-state index in [-0.39, 0.29) is 24.0 Å². The third kappa shape index (κ3) is 6.52. The minimum absolute atomic E-state index is 0. The first-order valence-corrected chi connectivity index (χ1v) is 9.53. The van der Waals surface area contributed by atoms with Gasteiger partial charge in [0.1, 0.15) is 0 Å². The van der Waals surface area contributed by atoms with Gasteiger partial charge >= 0.3 is 0 Å².